The molecule has 24 heavy (non-hydrogen) atoms. The number of carbonyl (C=O) groups excluding carboxylic acids is 1. The highest BCUT2D eigenvalue weighted by atomic mass is 32.2. The first-order valence-corrected chi connectivity index (χ1v) is 9.54. The van der Waals surface area contributed by atoms with Crippen LogP contribution in [-0.2, 0) is 9.53 Å². The van der Waals surface area contributed by atoms with Gasteiger partial charge >= 0.3 is 5.97 Å². The van der Waals surface area contributed by atoms with E-state index in [1.54, 1.807) is 11.3 Å². The number of aryl methyl sites for hydroxylation is 1. The molecule has 1 atom stereocenters. The molecular formula is C19H19NO2S2. The highest BCUT2D eigenvalue weighted by Gasteiger charge is 2.26. The van der Waals surface area contributed by atoms with Gasteiger partial charge in [0, 0.05) is 0 Å². The third kappa shape index (κ3) is 3.47. The first kappa shape index (κ1) is 17.0. The van der Waals surface area contributed by atoms with Crippen molar-refractivity contribution in [2.24, 2.45) is 0 Å². The molecule has 2 aromatic carbocycles. The molecule has 0 radical (unpaired) electrons. The molecule has 0 saturated heterocycles. The molecule has 5 heteroatoms. The van der Waals surface area contributed by atoms with E-state index in [2.05, 4.69) is 24.9 Å². The molecule has 0 bridgehead atoms. The van der Waals surface area contributed by atoms with Gasteiger partial charge in [0.2, 0.25) is 0 Å². The number of carbonyl (C=O) groups is 1. The quantitative estimate of drug-likeness (QED) is 0.458. The van der Waals surface area contributed by atoms with Crippen LogP contribution in [0, 0.1) is 13.8 Å². The molecule has 1 aromatic heterocycles. The van der Waals surface area contributed by atoms with Crippen molar-refractivity contribution in [3.05, 3.63) is 59.2 Å². The molecule has 3 aromatic rings. The first-order chi connectivity index (χ1) is 11.6. The van der Waals surface area contributed by atoms with Crippen LogP contribution in [0.5, 0.6) is 0 Å². The topological polar surface area (TPSA) is 39.2 Å². The second-order valence-corrected chi connectivity index (χ2v) is 7.87. The number of benzene rings is 2. The summed E-state index contributed by atoms with van der Waals surface area (Å²) in [4.78, 5) is 17.2. The van der Waals surface area contributed by atoms with E-state index in [0.29, 0.717) is 6.61 Å². The van der Waals surface area contributed by atoms with Gasteiger partial charge in [0.25, 0.3) is 0 Å². The molecule has 3 nitrogen and oxygen atoms in total. The molecule has 1 heterocycles. The summed E-state index contributed by atoms with van der Waals surface area (Å²) in [6, 6.07) is 14.1. The first-order valence-electron chi connectivity index (χ1n) is 7.85. The second kappa shape index (κ2) is 7.36. The number of thiazole rings is 1. The number of rotatable bonds is 5. The third-order valence-corrected chi connectivity index (χ3v) is 6.27. The van der Waals surface area contributed by atoms with Crippen molar-refractivity contribution >= 4 is 39.3 Å². The molecule has 124 valence electrons. The Bertz CT molecular complexity index is 840. The Hall–Kier alpha value is -1.85. The Balaban J connectivity index is 1.98. The van der Waals surface area contributed by atoms with Gasteiger partial charge in [0.15, 0.2) is 4.34 Å². The van der Waals surface area contributed by atoms with Crippen molar-refractivity contribution in [3.8, 4) is 0 Å². The Morgan fingerprint density at radius 1 is 1.21 bits per heavy atom. The highest BCUT2D eigenvalue weighted by Crippen LogP contribution is 2.41. The van der Waals surface area contributed by atoms with Crippen molar-refractivity contribution in [1.29, 1.82) is 0 Å². The average molecular weight is 358 g/mol. The molecule has 0 aliphatic carbocycles. The SMILES string of the molecule is CCOC(=O)C(Sc1nc2ccccc2s1)c1cccc(C)c1C. The fourth-order valence-corrected chi connectivity index (χ4v) is 4.86. The number of aromatic nitrogens is 1. The van der Waals surface area contributed by atoms with Crippen molar-refractivity contribution in [1.82, 2.24) is 4.98 Å². The summed E-state index contributed by atoms with van der Waals surface area (Å²) in [5, 5.41) is -0.398. The highest BCUT2D eigenvalue weighted by molar-refractivity contribution is 8.02. The zero-order chi connectivity index (χ0) is 17.1. The third-order valence-electron chi connectivity index (χ3n) is 3.92. The van der Waals surface area contributed by atoms with Crippen LogP contribution >= 0.6 is 23.1 Å². The summed E-state index contributed by atoms with van der Waals surface area (Å²) < 4.78 is 7.33. The monoisotopic (exact) mass is 357 g/mol. The van der Waals surface area contributed by atoms with Crippen molar-refractivity contribution in [2.45, 2.75) is 30.4 Å². The lowest BCUT2D eigenvalue weighted by Gasteiger charge is -2.17. The van der Waals surface area contributed by atoms with Crippen LogP contribution in [-0.4, -0.2) is 17.6 Å². The number of ether oxygens (including phenoxy) is 1. The van der Waals surface area contributed by atoms with Gasteiger partial charge in [-0.2, -0.15) is 0 Å². The summed E-state index contributed by atoms with van der Waals surface area (Å²) in [6.07, 6.45) is 0. The van der Waals surface area contributed by atoms with Gasteiger partial charge in [-0.1, -0.05) is 42.1 Å². The van der Waals surface area contributed by atoms with Gasteiger partial charge < -0.3 is 4.74 Å². The van der Waals surface area contributed by atoms with Crippen LogP contribution in [0.4, 0.5) is 0 Å². The molecule has 1 unspecified atom stereocenters. The zero-order valence-electron chi connectivity index (χ0n) is 13.9. The molecule has 0 aliphatic rings. The van der Waals surface area contributed by atoms with E-state index < -0.39 is 5.25 Å². The largest absolute Gasteiger partial charge is 0.465 e. The van der Waals surface area contributed by atoms with Crippen molar-refractivity contribution < 1.29 is 9.53 Å². The maximum atomic E-state index is 12.6. The smallest absolute Gasteiger partial charge is 0.324 e. The van der Waals surface area contributed by atoms with Gasteiger partial charge in [-0.3, -0.25) is 4.79 Å². The van der Waals surface area contributed by atoms with E-state index in [-0.39, 0.29) is 5.97 Å². The van der Waals surface area contributed by atoms with E-state index in [1.807, 2.05) is 43.3 Å². The van der Waals surface area contributed by atoms with Crippen LogP contribution in [0.3, 0.4) is 0 Å². The van der Waals surface area contributed by atoms with Gasteiger partial charge in [-0.15, -0.1) is 11.3 Å². The minimum absolute atomic E-state index is 0.213. The molecule has 3 rings (SSSR count). The lowest BCUT2D eigenvalue weighted by atomic mass is 10.0. The Morgan fingerprint density at radius 3 is 2.75 bits per heavy atom. The van der Waals surface area contributed by atoms with Gasteiger partial charge in [0.1, 0.15) is 5.25 Å². The Labute approximate surface area is 150 Å². The van der Waals surface area contributed by atoms with Crippen LogP contribution < -0.4 is 0 Å². The van der Waals surface area contributed by atoms with Crippen molar-refractivity contribution in [3.63, 3.8) is 0 Å². The fourth-order valence-electron chi connectivity index (χ4n) is 2.52. The summed E-state index contributed by atoms with van der Waals surface area (Å²) >= 11 is 3.08. The Kier molecular flexibility index (Phi) is 5.21. The predicted octanol–water partition coefficient (Wildman–Crippen LogP) is 5.31. The van der Waals surface area contributed by atoms with E-state index in [1.165, 1.54) is 17.3 Å². The minimum atomic E-state index is -0.398. The maximum Gasteiger partial charge on any atom is 0.324 e. The lowest BCUT2D eigenvalue weighted by Crippen LogP contribution is -2.14. The number of hydrogen-bond acceptors (Lipinski definition) is 5. The maximum absolute atomic E-state index is 12.6. The molecule has 0 amide bonds. The molecule has 0 aliphatic heterocycles. The van der Waals surface area contributed by atoms with E-state index in [9.17, 15) is 4.79 Å². The van der Waals surface area contributed by atoms with Crippen LogP contribution in [0.2, 0.25) is 0 Å². The molecule has 0 spiro atoms. The predicted molar refractivity (Wildman–Crippen MR) is 101 cm³/mol. The molecule has 0 fully saturated rings. The van der Waals surface area contributed by atoms with Gasteiger partial charge in [-0.05, 0) is 49.6 Å². The van der Waals surface area contributed by atoms with E-state index >= 15 is 0 Å². The molecule has 0 saturated carbocycles. The number of para-hydroxylation sites is 1. The standard InChI is InChI=1S/C19H19NO2S2/c1-4-22-18(21)17(14-9-7-8-12(2)13(14)3)24-19-20-15-10-5-6-11-16(15)23-19/h5-11,17H,4H2,1-3H3. The number of hydrogen-bond donors (Lipinski definition) is 0. The summed E-state index contributed by atoms with van der Waals surface area (Å²) in [5.74, 6) is -0.213. The summed E-state index contributed by atoms with van der Waals surface area (Å²) in [7, 11) is 0. The number of fused-ring (bicyclic) bond motifs is 1. The Morgan fingerprint density at radius 2 is 2.00 bits per heavy atom. The van der Waals surface area contributed by atoms with Gasteiger partial charge in [-0.25, -0.2) is 4.98 Å². The molecular weight excluding hydrogens is 338 g/mol. The summed E-state index contributed by atoms with van der Waals surface area (Å²) in [5.41, 5.74) is 4.27. The van der Waals surface area contributed by atoms with E-state index in [4.69, 9.17) is 4.74 Å². The number of esters is 1. The van der Waals surface area contributed by atoms with Gasteiger partial charge in [0.05, 0.1) is 16.8 Å². The van der Waals surface area contributed by atoms with E-state index in [0.717, 1.165) is 25.7 Å². The normalized spacial score (nSPS) is 12.3. The summed E-state index contributed by atoms with van der Waals surface area (Å²) in [6.45, 7) is 6.32. The lowest BCUT2D eigenvalue weighted by molar-refractivity contribution is -0.142. The van der Waals surface area contributed by atoms with Crippen LogP contribution in [0.15, 0.2) is 46.8 Å². The number of thioether (sulfide) groups is 1. The number of nitrogens with zero attached hydrogens (tertiary/aromatic N) is 1. The average Bonchev–Trinajstić information content (AvgIpc) is 2.98. The fraction of sp³-hybridized carbons (Fsp3) is 0.263. The van der Waals surface area contributed by atoms with Crippen LogP contribution in [0.25, 0.3) is 10.2 Å². The zero-order valence-corrected chi connectivity index (χ0v) is 15.5. The minimum Gasteiger partial charge on any atom is -0.465 e. The van der Waals surface area contributed by atoms with Crippen molar-refractivity contribution in [2.75, 3.05) is 6.61 Å². The van der Waals surface area contributed by atoms with Crippen LogP contribution in [0.1, 0.15) is 28.9 Å². The molecule has 0 N–H and O–H groups in total. The second-order valence-electron chi connectivity index (χ2n) is 5.49.